The molecule has 6 heteroatoms. The fourth-order valence-electron chi connectivity index (χ4n) is 2.52. The van der Waals surface area contributed by atoms with E-state index >= 15 is 0 Å². The van der Waals surface area contributed by atoms with Gasteiger partial charge in [-0.3, -0.25) is 4.68 Å². The summed E-state index contributed by atoms with van der Waals surface area (Å²) >= 11 is 0. The van der Waals surface area contributed by atoms with Crippen molar-refractivity contribution in [2.45, 2.75) is 19.5 Å². The molecule has 0 aliphatic carbocycles. The van der Waals surface area contributed by atoms with E-state index in [0.29, 0.717) is 12.2 Å². The molecule has 102 valence electrons. The van der Waals surface area contributed by atoms with Crippen molar-refractivity contribution in [1.29, 1.82) is 5.26 Å². The Morgan fingerprint density at radius 1 is 1.40 bits per heavy atom. The highest BCUT2D eigenvalue weighted by atomic mass is 19.1. The molecule has 0 atom stereocenters. The minimum atomic E-state index is -0.639. The Bertz CT molecular complexity index is 700. The Balaban J connectivity index is 2.16. The molecule has 0 unspecified atom stereocenters. The lowest BCUT2D eigenvalue weighted by Gasteiger charge is -2.14. The number of fused-ring (bicyclic) bond motifs is 1. The molecule has 0 saturated carbocycles. The summed E-state index contributed by atoms with van der Waals surface area (Å²) in [4.78, 5) is 0. The highest BCUT2D eigenvalue weighted by Crippen LogP contribution is 2.29. The van der Waals surface area contributed by atoms with Gasteiger partial charge in [0.05, 0.1) is 6.07 Å². The topological polar surface area (TPSA) is 53.6 Å². The second kappa shape index (κ2) is 5.02. The van der Waals surface area contributed by atoms with Crippen LogP contribution in [0.5, 0.6) is 0 Å². The summed E-state index contributed by atoms with van der Waals surface area (Å²) in [5, 5.41) is 16.4. The predicted octanol–water partition coefficient (Wildman–Crippen LogP) is 2.00. The van der Waals surface area contributed by atoms with Crippen LogP contribution >= 0.6 is 0 Å². The van der Waals surface area contributed by atoms with E-state index in [9.17, 15) is 8.78 Å². The van der Waals surface area contributed by atoms with Crippen molar-refractivity contribution in [2.75, 3.05) is 6.54 Å². The SMILES string of the molecule is N#CCn1nc(-c2ccc(F)cc2F)c2c1CCNC2. The van der Waals surface area contributed by atoms with Crippen LogP contribution in [0.15, 0.2) is 18.2 Å². The van der Waals surface area contributed by atoms with Crippen LogP contribution in [0.1, 0.15) is 11.3 Å². The Morgan fingerprint density at radius 2 is 2.25 bits per heavy atom. The molecular formula is C14H12F2N4. The smallest absolute Gasteiger partial charge is 0.135 e. The summed E-state index contributed by atoms with van der Waals surface area (Å²) in [7, 11) is 0. The van der Waals surface area contributed by atoms with E-state index < -0.39 is 11.6 Å². The second-order valence-corrected chi connectivity index (χ2v) is 4.64. The van der Waals surface area contributed by atoms with Gasteiger partial charge in [0, 0.05) is 42.4 Å². The van der Waals surface area contributed by atoms with Gasteiger partial charge in [-0.05, 0) is 12.1 Å². The van der Waals surface area contributed by atoms with E-state index in [1.807, 2.05) is 6.07 Å². The molecule has 3 rings (SSSR count). The van der Waals surface area contributed by atoms with Gasteiger partial charge >= 0.3 is 0 Å². The highest BCUT2D eigenvalue weighted by molar-refractivity contribution is 5.65. The summed E-state index contributed by atoms with van der Waals surface area (Å²) in [5.41, 5.74) is 2.59. The molecule has 1 aromatic heterocycles. The largest absolute Gasteiger partial charge is 0.312 e. The van der Waals surface area contributed by atoms with Gasteiger partial charge in [0.2, 0.25) is 0 Å². The van der Waals surface area contributed by atoms with Crippen molar-refractivity contribution in [2.24, 2.45) is 0 Å². The maximum Gasteiger partial charge on any atom is 0.135 e. The number of benzene rings is 1. The summed E-state index contributed by atoms with van der Waals surface area (Å²) in [6.07, 6.45) is 0.743. The molecule has 0 saturated heterocycles. The molecule has 1 aliphatic rings. The molecule has 1 N–H and O–H groups in total. The molecule has 20 heavy (non-hydrogen) atoms. The molecule has 1 aromatic carbocycles. The minimum Gasteiger partial charge on any atom is -0.312 e. The number of hydrogen-bond donors (Lipinski definition) is 1. The van der Waals surface area contributed by atoms with Crippen LogP contribution in [-0.2, 0) is 19.5 Å². The molecule has 0 bridgehead atoms. The van der Waals surface area contributed by atoms with E-state index in [1.165, 1.54) is 12.1 Å². The summed E-state index contributed by atoms with van der Waals surface area (Å²) in [6, 6.07) is 5.50. The van der Waals surface area contributed by atoms with Crippen molar-refractivity contribution in [1.82, 2.24) is 15.1 Å². The zero-order chi connectivity index (χ0) is 14.1. The van der Waals surface area contributed by atoms with E-state index in [0.717, 1.165) is 30.3 Å². The number of halogens is 2. The summed E-state index contributed by atoms with van der Waals surface area (Å²) in [6.45, 7) is 1.51. The van der Waals surface area contributed by atoms with Crippen LogP contribution in [-0.4, -0.2) is 16.3 Å². The van der Waals surface area contributed by atoms with E-state index in [2.05, 4.69) is 10.4 Å². The van der Waals surface area contributed by atoms with Crippen molar-refractivity contribution in [3.05, 3.63) is 41.1 Å². The lowest BCUT2D eigenvalue weighted by atomic mass is 10.0. The maximum absolute atomic E-state index is 13.9. The first-order chi connectivity index (χ1) is 9.70. The molecule has 0 spiro atoms. The first-order valence-electron chi connectivity index (χ1n) is 6.32. The lowest BCUT2D eigenvalue weighted by Crippen LogP contribution is -2.25. The van der Waals surface area contributed by atoms with E-state index in [-0.39, 0.29) is 12.1 Å². The van der Waals surface area contributed by atoms with Crippen LogP contribution in [0.3, 0.4) is 0 Å². The number of hydrogen-bond acceptors (Lipinski definition) is 3. The number of nitriles is 1. The molecular weight excluding hydrogens is 262 g/mol. The molecule has 0 fully saturated rings. The first-order valence-corrected chi connectivity index (χ1v) is 6.32. The van der Waals surface area contributed by atoms with Gasteiger partial charge in [0.15, 0.2) is 0 Å². The summed E-state index contributed by atoms with van der Waals surface area (Å²) < 4.78 is 28.5. The quantitative estimate of drug-likeness (QED) is 0.911. The third-order valence-corrected chi connectivity index (χ3v) is 3.41. The third kappa shape index (κ3) is 2.06. The van der Waals surface area contributed by atoms with Crippen LogP contribution in [0, 0.1) is 23.0 Å². The van der Waals surface area contributed by atoms with Crippen molar-refractivity contribution in [3.63, 3.8) is 0 Å². The monoisotopic (exact) mass is 274 g/mol. The fourth-order valence-corrected chi connectivity index (χ4v) is 2.52. The van der Waals surface area contributed by atoms with Gasteiger partial charge in [-0.15, -0.1) is 0 Å². The van der Waals surface area contributed by atoms with Crippen LogP contribution in [0.4, 0.5) is 8.78 Å². The summed E-state index contributed by atoms with van der Waals surface area (Å²) in [5.74, 6) is -1.25. The Morgan fingerprint density at radius 3 is 3.00 bits per heavy atom. The van der Waals surface area contributed by atoms with Gasteiger partial charge in [-0.2, -0.15) is 10.4 Å². The van der Waals surface area contributed by atoms with Gasteiger partial charge in [-0.1, -0.05) is 0 Å². The predicted molar refractivity (Wildman–Crippen MR) is 68.6 cm³/mol. The average Bonchev–Trinajstić information content (AvgIpc) is 2.79. The maximum atomic E-state index is 13.9. The first kappa shape index (κ1) is 12.8. The number of nitrogens with one attached hydrogen (secondary N) is 1. The van der Waals surface area contributed by atoms with Gasteiger partial charge in [0.25, 0.3) is 0 Å². The standard InChI is InChI=1S/C14H12F2N4/c15-9-1-2-10(12(16)7-9)14-11-8-18-5-3-13(11)20(19-14)6-4-17/h1-2,7,18H,3,5-6,8H2. The molecule has 4 nitrogen and oxygen atoms in total. The Hall–Kier alpha value is -2.26. The zero-order valence-electron chi connectivity index (χ0n) is 10.7. The fraction of sp³-hybridized carbons (Fsp3) is 0.286. The average molecular weight is 274 g/mol. The number of nitrogens with zero attached hydrogens (tertiary/aromatic N) is 3. The molecule has 2 heterocycles. The third-order valence-electron chi connectivity index (χ3n) is 3.41. The van der Waals surface area contributed by atoms with Crippen LogP contribution < -0.4 is 5.32 Å². The minimum absolute atomic E-state index is 0.130. The Labute approximate surface area is 114 Å². The van der Waals surface area contributed by atoms with Crippen molar-refractivity contribution < 1.29 is 8.78 Å². The zero-order valence-corrected chi connectivity index (χ0v) is 10.7. The normalized spacial score (nSPS) is 13.8. The highest BCUT2D eigenvalue weighted by Gasteiger charge is 2.23. The molecule has 2 aromatic rings. The molecule has 0 amide bonds. The van der Waals surface area contributed by atoms with Gasteiger partial charge in [-0.25, -0.2) is 8.78 Å². The van der Waals surface area contributed by atoms with Crippen LogP contribution in [0.25, 0.3) is 11.3 Å². The number of aromatic nitrogens is 2. The van der Waals surface area contributed by atoms with E-state index in [4.69, 9.17) is 5.26 Å². The number of rotatable bonds is 2. The van der Waals surface area contributed by atoms with Crippen LogP contribution in [0.2, 0.25) is 0 Å². The second-order valence-electron chi connectivity index (χ2n) is 4.64. The molecule has 0 radical (unpaired) electrons. The van der Waals surface area contributed by atoms with Gasteiger partial charge < -0.3 is 5.32 Å². The van der Waals surface area contributed by atoms with E-state index in [1.54, 1.807) is 4.68 Å². The van der Waals surface area contributed by atoms with Crippen molar-refractivity contribution in [3.8, 4) is 17.3 Å². The lowest BCUT2D eigenvalue weighted by molar-refractivity contribution is 0.584. The van der Waals surface area contributed by atoms with Crippen molar-refractivity contribution >= 4 is 0 Å². The Kier molecular flexibility index (Phi) is 3.20. The van der Waals surface area contributed by atoms with Gasteiger partial charge in [0.1, 0.15) is 23.9 Å². The molecule has 1 aliphatic heterocycles.